The zero-order valence-corrected chi connectivity index (χ0v) is 10.4. The first kappa shape index (κ1) is 12.0. The molecule has 0 bridgehead atoms. The van der Waals surface area contributed by atoms with Crippen molar-refractivity contribution in [2.24, 2.45) is 0 Å². The summed E-state index contributed by atoms with van der Waals surface area (Å²) in [5.41, 5.74) is 0.871. The molecule has 17 heavy (non-hydrogen) atoms. The minimum Gasteiger partial charge on any atom is -0.310 e. The van der Waals surface area contributed by atoms with Gasteiger partial charge < -0.3 is 5.32 Å². The predicted molar refractivity (Wildman–Crippen MR) is 66.2 cm³/mol. The van der Waals surface area contributed by atoms with Gasteiger partial charge >= 0.3 is 0 Å². The molecule has 1 N–H and O–H groups in total. The van der Waals surface area contributed by atoms with E-state index in [9.17, 15) is 0 Å². The summed E-state index contributed by atoms with van der Waals surface area (Å²) in [6.45, 7) is 3.71. The molecule has 1 aromatic carbocycles. The van der Waals surface area contributed by atoms with Gasteiger partial charge in [-0.05, 0) is 41.6 Å². The molecule has 2 aromatic rings. The maximum Gasteiger partial charge on any atom is 0.170 e. The smallest absolute Gasteiger partial charge is 0.170 e. The molecule has 0 radical (unpaired) electrons. The van der Waals surface area contributed by atoms with Crippen molar-refractivity contribution in [2.75, 3.05) is 6.54 Å². The fourth-order valence-electron chi connectivity index (χ4n) is 1.50. The van der Waals surface area contributed by atoms with Gasteiger partial charge in [-0.1, -0.05) is 24.6 Å². The molecular formula is C11H14ClN5. The Morgan fingerprint density at radius 2 is 2.29 bits per heavy atom. The van der Waals surface area contributed by atoms with Crippen LogP contribution in [0.5, 0.6) is 0 Å². The summed E-state index contributed by atoms with van der Waals surface area (Å²) in [6.07, 6.45) is 1.08. The SMILES string of the molecule is CCCNCc1nnnn1-c1cccc(Cl)c1. The van der Waals surface area contributed by atoms with Gasteiger partial charge in [0.1, 0.15) is 0 Å². The van der Waals surface area contributed by atoms with E-state index in [0.717, 1.165) is 24.5 Å². The van der Waals surface area contributed by atoms with Crippen molar-refractivity contribution in [3.63, 3.8) is 0 Å². The van der Waals surface area contributed by atoms with Gasteiger partial charge in [0, 0.05) is 5.02 Å². The van der Waals surface area contributed by atoms with Crippen LogP contribution in [0, 0.1) is 0 Å². The van der Waals surface area contributed by atoms with E-state index in [0.29, 0.717) is 11.6 Å². The van der Waals surface area contributed by atoms with Crippen LogP contribution >= 0.6 is 11.6 Å². The quantitative estimate of drug-likeness (QED) is 0.824. The molecule has 0 saturated carbocycles. The number of tetrazole rings is 1. The third kappa shape index (κ3) is 3.01. The summed E-state index contributed by atoms with van der Waals surface area (Å²) >= 11 is 5.94. The summed E-state index contributed by atoms with van der Waals surface area (Å²) < 4.78 is 1.69. The Labute approximate surface area is 105 Å². The lowest BCUT2D eigenvalue weighted by atomic mass is 10.3. The number of nitrogens with one attached hydrogen (secondary N) is 1. The van der Waals surface area contributed by atoms with E-state index >= 15 is 0 Å². The predicted octanol–water partition coefficient (Wildman–Crippen LogP) is 1.82. The third-order valence-corrected chi connectivity index (χ3v) is 2.53. The van der Waals surface area contributed by atoms with Gasteiger partial charge in [-0.3, -0.25) is 0 Å². The lowest BCUT2D eigenvalue weighted by molar-refractivity contribution is 0.633. The minimum atomic E-state index is 0.646. The maximum atomic E-state index is 5.94. The highest BCUT2D eigenvalue weighted by molar-refractivity contribution is 6.30. The Balaban J connectivity index is 2.18. The average molecular weight is 252 g/mol. The van der Waals surface area contributed by atoms with E-state index in [-0.39, 0.29) is 0 Å². The van der Waals surface area contributed by atoms with Crippen molar-refractivity contribution >= 4 is 11.6 Å². The molecule has 2 rings (SSSR count). The molecule has 0 atom stereocenters. The van der Waals surface area contributed by atoms with Crippen molar-refractivity contribution in [3.05, 3.63) is 35.1 Å². The van der Waals surface area contributed by atoms with E-state index in [1.807, 2.05) is 24.3 Å². The van der Waals surface area contributed by atoms with Crippen molar-refractivity contribution < 1.29 is 0 Å². The number of aromatic nitrogens is 4. The van der Waals surface area contributed by atoms with Crippen LogP contribution in [0.15, 0.2) is 24.3 Å². The molecule has 0 unspecified atom stereocenters. The van der Waals surface area contributed by atoms with E-state index in [4.69, 9.17) is 11.6 Å². The number of rotatable bonds is 5. The molecule has 1 aromatic heterocycles. The first-order chi connectivity index (χ1) is 8.31. The standard InChI is InChI=1S/C11H14ClN5/c1-2-6-13-8-11-14-15-16-17(11)10-5-3-4-9(12)7-10/h3-5,7,13H,2,6,8H2,1H3. The fourth-order valence-corrected chi connectivity index (χ4v) is 1.69. The molecule has 0 saturated heterocycles. The highest BCUT2D eigenvalue weighted by Crippen LogP contribution is 2.14. The molecule has 5 nitrogen and oxygen atoms in total. The molecule has 6 heteroatoms. The van der Waals surface area contributed by atoms with Gasteiger partial charge in [0.05, 0.1) is 12.2 Å². The second-order valence-electron chi connectivity index (χ2n) is 3.66. The number of nitrogens with zero attached hydrogens (tertiary/aromatic N) is 4. The van der Waals surface area contributed by atoms with E-state index < -0.39 is 0 Å². The zero-order chi connectivity index (χ0) is 12.1. The monoisotopic (exact) mass is 251 g/mol. The second-order valence-corrected chi connectivity index (χ2v) is 4.10. The summed E-state index contributed by atoms with van der Waals surface area (Å²) in [5, 5.41) is 15.6. The molecule has 0 aliphatic carbocycles. The van der Waals surface area contributed by atoms with Gasteiger partial charge in [-0.25, -0.2) is 0 Å². The van der Waals surface area contributed by atoms with Crippen LogP contribution in [0.1, 0.15) is 19.2 Å². The number of hydrogen-bond acceptors (Lipinski definition) is 4. The molecule has 0 aliphatic heterocycles. The molecule has 0 spiro atoms. The van der Waals surface area contributed by atoms with Crippen LogP contribution < -0.4 is 5.32 Å². The number of benzene rings is 1. The summed E-state index contributed by atoms with van der Waals surface area (Å²) in [6, 6.07) is 7.46. The zero-order valence-electron chi connectivity index (χ0n) is 9.60. The Hall–Kier alpha value is -1.46. The van der Waals surface area contributed by atoms with E-state index in [1.165, 1.54) is 0 Å². The lowest BCUT2D eigenvalue weighted by Crippen LogP contribution is -2.17. The largest absolute Gasteiger partial charge is 0.310 e. The minimum absolute atomic E-state index is 0.646. The molecule has 0 amide bonds. The van der Waals surface area contributed by atoms with Crippen molar-refractivity contribution in [1.82, 2.24) is 25.5 Å². The molecular weight excluding hydrogens is 238 g/mol. The normalized spacial score (nSPS) is 10.7. The lowest BCUT2D eigenvalue weighted by Gasteiger charge is -2.05. The van der Waals surface area contributed by atoms with Gasteiger partial charge in [0.15, 0.2) is 5.82 Å². The Morgan fingerprint density at radius 1 is 1.41 bits per heavy atom. The van der Waals surface area contributed by atoms with Crippen LogP contribution in [-0.2, 0) is 6.54 Å². The Bertz CT molecular complexity index is 482. The summed E-state index contributed by atoms with van der Waals surface area (Å²) in [4.78, 5) is 0. The van der Waals surface area contributed by atoms with Crippen molar-refractivity contribution in [1.29, 1.82) is 0 Å². The number of halogens is 1. The first-order valence-corrected chi connectivity index (χ1v) is 5.93. The summed E-state index contributed by atoms with van der Waals surface area (Å²) in [5.74, 6) is 0.778. The first-order valence-electron chi connectivity index (χ1n) is 5.55. The fraction of sp³-hybridized carbons (Fsp3) is 0.364. The van der Waals surface area contributed by atoms with E-state index in [2.05, 4.69) is 27.8 Å². The average Bonchev–Trinajstić information content (AvgIpc) is 2.78. The van der Waals surface area contributed by atoms with E-state index in [1.54, 1.807) is 4.68 Å². The maximum absolute atomic E-state index is 5.94. The molecule has 1 heterocycles. The molecule has 0 aliphatic rings. The third-order valence-electron chi connectivity index (χ3n) is 2.30. The van der Waals surface area contributed by atoms with Gasteiger partial charge in [-0.15, -0.1) is 5.10 Å². The molecule has 90 valence electrons. The second kappa shape index (κ2) is 5.75. The van der Waals surface area contributed by atoms with Gasteiger partial charge in [0.25, 0.3) is 0 Å². The topological polar surface area (TPSA) is 55.6 Å². The Kier molecular flexibility index (Phi) is 4.06. The van der Waals surface area contributed by atoms with Gasteiger partial charge in [-0.2, -0.15) is 4.68 Å². The Morgan fingerprint density at radius 3 is 3.06 bits per heavy atom. The summed E-state index contributed by atoms with van der Waals surface area (Å²) in [7, 11) is 0. The van der Waals surface area contributed by atoms with Crippen molar-refractivity contribution in [3.8, 4) is 5.69 Å². The van der Waals surface area contributed by atoms with Crippen molar-refractivity contribution in [2.45, 2.75) is 19.9 Å². The van der Waals surface area contributed by atoms with Crippen LogP contribution in [-0.4, -0.2) is 26.8 Å². The van der Waals surface area contributed by atoms with Crippen LogP contribution in [0.3, 0.4) is 0 Å². The highest BCUT2D eigenvalue weighted by Gasteiger charge is 2.07. The number of hydrogen-bond donors (Lipinski definition) is 1. The molecule has 0 fully saturated rings. The van der Waals surface area contributed by atoms with Gasteiger partial charge in [0.2, 0.25) is 0 Å². The van der Waals surface area contributed by atoms with Crippen LogP contribution in [0.2, 0.25) is 5.02 Å². The van der Waals surface area contributed by atoms with Crippen LogP contribution in [0.4, 0.5) is 0 Å². The van der Waals surface area contributed by atoms with Crippen LogP contribution in [0.25, 0.3) is 5.69 Å². The highest BCUT2D eigenvalue weighted by atomic mass is 35.5.